The summed E-state index contributed by atoms with van der Waals surface area (Å²) in [6.07, 6.45) is 1.37. The number of hydrogen-bond donors (Lipinski definition) is 3. The molecule has 1 aromatic carbocycles. The molecule has 1 atom stereocenters. The van der Waals surface area contributed by atoms with Crippen LogP contribution >= 0.6 is 0 Å². The van der Waals surface area contributed by atoms with Gasteiger partial charge >= 0.3 is 12.1 Å². The zero-order chi connectivity index (χ0) is 18.4. The van der Waals surface area contributed by atoms with Crippen LogP contribution in [0.2, 0.25) is 0 Å². The minimum atomic E-state index is -0.512. The number of anilines is 2. The van der Waals surface area contributed by atoms with Gasteiger partial charge in [0.15, 0.2) is 0 Å². The molecular formula is C17H23N5O3. The highest BCUT2D eigenvalue weighted by molar-refractivity contribution is 5.90. The second kappa shape index (κ2) is 8.18. The summed E-state index contributed by atoms with van der Waals surface area (Å²) in [5, 5.41) is 12.5. The molecule has 0 fully saturated rings. The maximum absolute atomic E-state index is 12.1. The zero-order valence-corrected chi connectivity index (χ0v) is 14.8. The minimum Gasteiger partial charge on any atom is -0.450 e. The third-order valence-corrected chi connectivity index (χ3v) is 3.53. The van der Waals surface area contributed by atoms with Crippen LogP contribution in [0.5, 0.6) is 0 Å². The SMILES string of the molecule is CCOC(=O)Nc1ccc(NC(=O)N[C@@H](C)c2cn(C)nc2C)cc1. The molecule has 0 aliphatic heterocycles. The number of rotatable bonds is 5. The first-order valence-electron chi connectivity index (χ1n) is 8.00. The van der Waals surface area contributed by atoms with E-state index in [1.165, 1.54) is 0 Å². The number of nitrogens with one attached hydrogen (secondary N) is 3. The van der Waals surface area contributed by atoms with Crippen molar-refractivity contribution < 1.29 is 14.3 Å². The predicted octanol–water partition coefficient (Wildman–Crippen LogP) is 3.18. The number of aromatic nitrogens is 2. The number of ether oxygens (including phenoxy) is 1. The van der Waals surface area contributed by atoms with E-state index in [0.29, 0.717) is 18.0 Å². The summed E-state index contributed by atoms with van der Waals surface area (Å²) < 4.78 is 6.52. The van der Waals surface area contributed by atoms with Gasteiger partial charge in [0.2, 0.25) is 0 Å². The Kier molecular flexibility index (Phi) is 5.99. The fourth-order valence-electron chi connectivity index (χ4n) is 2.41. The molecule has 2 aromatic rings. The van der Waals surface area contributed by atoms with Crippen molar-refractivity contribution in [2.75, 3.05) is 17.2 Å². The molecule has 8 heteroatoms. The highest BCUT2D eigenvalue weighted by Gasteiger charge is 2.14. The van der Waals surface area contributed by atoms with E-state index < -0.39 is 6.09 Å². The molecule has 0 saturated carbocycles. The lowest BCUT2D eigenvalue weighted by atomic mass is 10.1. The van der Waals surface area contributed by atoms with Gasteiger partial charge in [0.1, 0.15) is 0 Å². The van der Waals surface area contributed by atoms with Crippen molar-refractivity contribution >= 4 is 23.5 Å². The van der Waals surface area contributed by atoms with Gasteiger partial charge in [-0.25, -0.2) is 9.59 Å². The Morgan fingerprint density at radius 1 is 1.20 bits per heavy atom. The number of urea groups is 1. The number of nitrogens with zero attached hydrogens (tertiary/aromatic N) is 2. The topological polar surface area (TPSA) is 97.3 Å². The number of aryl methyl sites for hydroxylation is 2. The van der Waals surface area contributed by atoms with Crippen LogP contribution in [0.15, 0.2) is 30.5 Å². The normalized spacial score (nSPS) is 11.5. The molecule has 3 amide bonds. The van der Waals surface area contributed by atoms with Crippen LogP contribution in [-0.4, -0.2) is 28.5 Å². The quantitative estimate of drug-likeness (QED) is 0.775. The van der Waals surface area contributed by atoms with E-state index in [1.807, 2.05) is 27.1 Å². The molecule has 0 spiro atoms. The molecule has 0 radical (unpaired) electrons. The second-order valence-electron chi connectivity index (χ2n) is 5.59. The van der Waals surface area contributed by atoms with Gasteiger partial charge in [-0.2, -0.15) is 5.10 Å². The summed E-state index contributed by atoms with van der Waals surface area (Å²) >= 11 is 0. The molecule has 3 N–H and O–H groups in total. The van der Waals surface area contributed by atoms with Crippen LogP contribution < -0.4 is 16.0 Å². The van der Waals surface area contributed by atoms with Gasteiger partial charge in [0, 0.05) is 30.2 Å². The second-order valence-corrected chi connectivity index (χ2v) is 5.59. The number of carbonyl (C=O) groups is 2. The molecule has 0 unspecified atom stereocenters. The van der Waals surface area contributed by atoms with Gasteiger partial charge in [0.05, 0.1) is 18.3 Å². The highest BCUT2D eigenvalue weighted by atomic mass is 16.5. The third kappa shape index (κ3) is 5.23. The summed E-state index contributed by atoms with van der Waals surface area (Å²) in [5.74, 6) is 0. The first kappa shape index (κ1) is 18.3. The minimum absolute atomic E-state index is 0.168. The first-order chi connectivity index (χ1) is 11.9. The third-order valence-electron chi connectivity index (χ3n) is 3.53. The molecule has 1 heterocycles. The monoisotopic (exact) mass is 345 g/mol. The van der Waals surface area contributed by atoms with Crippen molar-refractivity contribution in [2.45, 2.75) is 26.8 Å². The molecule has 25 heavy (non-hydrogen) atoms. The van der Waals surface area contributed by atoms with Gasteiger partial charge in [-0.1, -0.05) is 0 Å². The lowest BCUT2D eigenvalue weighted by Gasteiger charge is -2.14. The van der Waals surface area contributed by atoms with Crippen molar-refractivity contribution in [1.29, 1.82) is 0 Å². The van der Waals surface area contributed by atoms with Crippen molar-refractivity contribution in [3.63, 3.8) is 0 Å². The van der Waals surface area contributed by atoms with E-state index >= 15 is 0 Å². The largest absolute Gasteiger partial charge is 0.450 e. The van der Waals surface area contributed by atoms with E-state index in [-0.39, 0.29) is 12.1 Å². The van der Waals surface area contributed by atoms with Crippen LogP contribution in [0.1, 0.15) is 31.1 Å². The van der Waals surface area contributed by atoms with Gasteiger partial charge in [-0.3, -0.25) is 10.00 Å². The molecule has 2 rings (SSSR count). The summed E-state index contributed by atoms with van der Waals surface area (Å²) in [7, 11) is 1.84. The molecule has 1 aromatic heterocycles. The Balaban J connectivity index is 1.90. The van der Waals surface area contributed by atoms with Crippen LogP contribution in [-0.2, 0) is 11.8 Å². The summed E-state index contributed by atoms with van der Waals surface area (Å²) in [4.78, 5) is 23.5. The van der Waals surface area contributed by atoms with E-state index in [4.69, 9.17) is 4.74 Å². The van der Waals surface area contributed by atoms with Crippen molar-refractivity contribution in [3.05, 3.63) is 41.7 Å². The molecule has 0 aliphatic rings. The summed E-state index contributed by atoms with van der Waals surface area (Å²) in [5.41, 5.74) is 3.04. The van der Waals surface area contributed by atoms with E-state index in [0.717, 1.165) is 11.3 Å². The number of carbonyl (C=O) groups excluding carboxylic acids is 2. The standard InChI is InChI=1S/C17H23N5O3/c1-5-25-17(24)20-14-8-6-13(7-9-14)19-16(23)18-11(2)15-10-22(4)21-12(15)3/h6-11H,5H2,1-4H3,(H,20,24)(H2,18,19,23)/t11-/m0/s1. The smallest absolute Gasteiger partial charge is 0.411 e. The highest BCUT2D eigenvalue weighted by Crippen LogP contribution is 2.17. The van der Waals surface area contributed by atoms with Crippen molar-refractivity contribution in [2.24, 2.45) is 7.05 Å². The van der Waals surface area contributed by atoms with Crippen LogP contribution in [0.25, 0.3) is 0 Å². The van der Waals surface area contributed by atoms with Crippen molar-refractivity contribution in [1.82, 2.24) is 15.1 Å². The average molecular weight is 345 g/mol. The average Bonchev–Trinajstić information content (AvgIpc) is 2.88. The maximum Gasteiger partial charge on any atom is 0.411 e. The molecule has 8 nitrogen and oxygen atoms in total. The van der Waals surface area contributed by atoms with Gasteiger partial charge in [-0.15, -0.1) is 0 Å². The first-order valence-corrected chi connectivity index (χ1v) is 8.00. The van der Waals surface area contributed by atoms with Crippen LogP contribution in [0, 0.1) is 6.92 Å². The molecule has 0 saturated heterocycles. The van der Waals surface area contributed by atoms with E-state index in [9.17, 15) is 9.59 Å². The summed E-state index contributed by atoms with van der Waals surface area (Å²) in [6, 6.07) is 6.27. The van der Waals surface area contributed by atoms with Gasteiger partial charge in [0.25, 0.3) is 0 Å². The molecular weight excluding hydrogens is 322 g/mol. The fraction of sp³-hybridized carbons (Fsp3) is 0.353. The Labute approximate surface area is 146 Å². The predicted molar refractivity (Wildman–Crippen MR) is 95.6 cm³/mol. The number of benzene rings is 1. The van der Waals surface area contributed by atoms with Gasteiger partial charge in [-0.05, 0) is 45.0 Å². The Hall–Kier alpha value is -3.03. The van der Waals surface area contributed by atoms with Crippen LogP contribution in [0.3, 0.4) is 0 Å². The lowest BCUT2D eigenvalue weighted by molar-refractivity contribution is 0.168. The Morgan fingerprint density at radius 2 is 1.80 bits per heavy atom. The van der Waals surface area contributed by atoms with Crippen LogP contribution in [0.4, 0.5) is 21.0 Å². The molecule has 0 bridgehead atoms. The molecule has 134 valence electrons. The maximum atomic E-state index is 12.1. The van der Waals surface area contributed by atoms with Crippen molar-refractivity contribution in [3.8, 4) is 0 Å². The summed E-state index contributed by atoms with van der Waals surface area (Å²) in [6.45, 7) is 5.84. The van der Waals surface area contributed by atoms with E-state index in [1.54, 1.807) is 35.9 Å². The van der Waals surface area contributed by atoms with Gasteiger partial charge < -0.3 is 15.4 Å². The molecule has 0 aliphatic carbocycles. The number of amides is 3. The Morgan fingerprint density at radius 3 is 2.32 bits per heavy atom. The number of hydrogen-bond acceptors (Lipinski definition) is 4. The zero-order valence-electron chi connectivity index (χ0n) is 14.8. The fourth-order valence-corrected chi connectivity index (χ4v) is 2.41. The lowest BCUT2D eigenvalue weighted by Crippen LogP contribution is -2.31. The Bertz CT molecular complexity index is 739. The van der Waals surface area contributed by atoms with E-state index in [2.05, 4.69) is 21.0 Å².